The molecule has 0 aromatic rings. The smallest absolute Gasteiger partial charge is 0.222 e. The van der Waals surface area contributed by atoms with E-state index >= 15 is 0 Å². The highest BCUT2D eigenvalue weighted by atomic mass is 16.5. The second kappa shape index (κ2) is 8.44. The fourth-order valence-electron chi connectivity index (χ4n) is 2.08. The number of hydrogen-bond acceptors (Lipinski definition) is 4. The van der Waals surface area contributed by atoms with Crippen molar-refractivity contribution in [3.63, 3.8) is 0 Å². The maximum atomic E-state index is 11.9. The van der Waals surface area contributed by atoms with Gasteiger partial charge in [0.15, 0.2) is 0 Å². The number of rotatable bonds is 6. The number of carbonyl (C=O) groups is 1. The van der Waals surface area contributed by atoms with Crippen LogP contribution in [0.4, 0.5) is 0 Å². The normalized spacial score (nSPS) is 18.1. The fraction of sp³-hybridized carbons (Fsp3) is 0.917. The number of nitrogens with zero attached hydrogens (tertiary/aromatic N) is 2. The van der Waals surface area contributed by atoms with E-state index in [2.05, 4.69) is 4.90 Å². The topological polar surface area (TPSA) is 58.8 Å². The van der Waals surface area contributed by atoms with Crippen LogP contribution in [-0.4, -0.2) is 68.7 Å². The zero-order valence-electron chi connectivity index (χ0n) is 10.9. The van der Waals surface area contributed by atoms with Crippen molar-refractivity contribution in [2.24, 2.45) is 5.73 Å². The van der Waals surface area contributed by atoms with E-state index in [1.807, 2.05) is 4.90 Å². The van der Waals surface area contributed by atoms with Crippen LogP contribution >= 0.6 is 0 Å². The summed E-state index contributed by atoms with van der Waals surface area (Å²) in [5.74, 6) is 0.254. The standard InChI is InChI=1S/C12H25N3O2/c1-17-11-10-14-6-3-7-15(9-8-14)12(16)4-2-5-13/h2-11,13H2,1H3. The molecule has 1 amide bonds. The van der Waals surface area contributed by atoms with Crippen LogP contribution in [0.25, 0.3) is 0 Å². The van der Waals surface area contributed by atoms with Gasteiger partial charge in [-0.2, -0.15) is 0 Å². The van der Waals surface area contributed by atoms with E-state index in [1.54, 1.807) is 7.11 Å². The van der Waals surface area contributed by atoms with E-state index < -0.39 is 0 Å². The summed E-state index contributed by atoms with van der Waals surface area (Å²) in [6.07, 6.45) is 2.44. The largest absolute Gasteiger partial charge is 0.383 e. The van der Waals surface area contributed by atoms with Gasteiger partial charge >= 0.3 is 0 Å². The second-order valence-electron chi connectivity index (χ2n) is 4.46. The van der Waals surface area contributed by atoms with Crippen LogP contribution in [-0.2, 0) is 9.53 Å². The van der Waals surface area contributed by atoms with E-state index in [0.717, 1.165) is 52.2 Å². The molecule has 1 aliphatic heterocycles. The summed E-state index contributed by atoms with van der Waals surface area (Å²) >= 11 is 0. The van der Waals surface area contributed by atoms with Crippen molar-refractivity contribution < 1.29 is 9.53 Å². The lowest BCUT2D eigenvalue weighted by molar-refractivity contribution is -0.131. The van der Waals surface area contributed by atoms with Gasteiger partial charge in [0.25, 0.3) is 0 Å². The number of methoxy groups -OCH3 is 1. The lowest BCUT2D eigenvalue weighted by Gasteiger charge is -2.21. The molecule has 0 aromatic carbocycles. The number of nitrogens with two attached hydrogens (primary N) is 1. The minimum atomic E-state index is 0.254. The van der Waals surface area contributed by atoms with E-state index in [0.29, 0.717) is 13.0 Å². The summed E-state index contributed by atoms with van der Waals surface area (Å²) in [7, 11) is 1.72. The lowest BCUT2D eigenvalue weighted by atomic mass is 10.2. The highest BCUT2D eigenvalue weighted by Crippen LogP contribution is 2.05. The van der Waals surface area contributed by atoms with Crippen molar-refractivity contribution in [2.75, 3.05) is 53.0 Å². The molecule has 1 fully saturated rings. The zero-order valence-corrected chi connectivity index (χ0v) is 10.9. The Morgan fingerprint density at radius 2 is 2.12 bits per heavy atom. The monoisotopic (exact) mass is 243 g/mol. The summed E-state index contributed by atoms with van der Waals surface area (Å²) in [6.45, 7) is 6.06. The summed E-state index contributed by atoms with van der Waals surface area (Å²) in [5, 5.41) is 0. The molecule has 1 aliphatic rings. The van der Waals surface area contributed by atoms with Gasteiger partial charge < -0.3 is 15.4 Å². The van der Waals surface area contributed by atoms with Crippen molar-refractivity contribution in [2.45, 2.75) is 19.3 Å². The molecule has 0 aliphatic carbocycles. The molecule has 0 spiro atoms. The molecule has 0 bridgehead atoms. The molecule has 100 valence electrons. The molecule has 0 radical (unpaired) electrons. The van der Waals surface area contributed by atoms with E-state index in [1.165, 1.54) is 0 Å². The van der Waals surface area contributed by atoms with Crippen LogP contribution in [0.15, 0.2) is 0 Å². The molecule has 17 heavy (non-hydrogen) atoms. The molecule has 5 nitrogen and oxygen atoms in total. The predicted molar refractivity (Wildman–Crippen MR) is 67.8 cm³/mol. The molecular formula is C12H25N3O2. The zero-order chi connectivity index (χ0) is 12.5. The molecule has 1 heterocycles. The van der Waals surface area contributed by atoms with E-state index in [9.17, 15) is 4.79 Å². The molecule has 0 unspecified atom stereocenters. The van der Waals surface area contributed by atoms with Crippen LogP contribution in [0.1, 0.15) is 19.3 Å². The highest BCUT2D eigenvalue weighted by Gasteiger charge is 2.18. The first-order valence-corrected chi connectivity index (χ1v) is 6.47. The van der Waals surface area contributed by atoms with Crippen molar-refractivity contribution in [3.8, 4) is 0 Å². The number of ether oxygens (including phenoxy) is 1. The Morgan fingerprint density at radius 1 is 1.29 bits per heavy atom. The van der Waals surface area contributed by atoms with Crippen LogP contribution in [0, 0.1) is 0 Å². The van der Waals surface area contributed by atoms with Gasteiger partial charge in [0.05, 0.1) is 6.61 Å². The Morgan fingerprint density at radius 3 is 2.82 bits per heavy atom. The number of amides is 1. The average molecular weight is 243 g/mol. The Labute approximate surface area is 104 Å². The number of hydrogen-bond donors (Lipinski definition) is 1. The van der Waals surface area contributed by atoms with Crippen molar-refractivity contribution in [1.82, 2.24) is 9.80 Å². The van der Waals surface area contributed by atoms with Crippen LogP contribution in [0.3, 0.4) is 0 Å². The van der Waals surface area contributed by atoms with E-state index in [-0.39, 0.29) is 5.91 Å². The summed E-state index contributed by atoms with van der Waals surface area (Å²) in [5.41, 5.74) is 5.42. The fourth-order valence-corrected chi connectivity index (χ4v) is 2.08. The van der Waals surface area contributed by atoms with Gasteiger partial charge in [-0.1, -0.05) is 0 Å². The first kappa shape index (κ1) is 14.4. The Balaban J connectivity index is 2.28. The third-order valence-electron chi connectivity index (χ3n) is 3.15. The number of carbonyl (C=O) groups excluding carboxylic acids is 1. The van der Waals surface area contributed by atoms with E-state index in [4.69, 9.17) is 10.5 Å². The maximum absolute atomic E-state index is 11.9. The van der Waals surface area contributed by atoms with Gasteiger partial charge in [-0.25, -0.2) is 0 Å². The molecule has 1 rings (SSSR count). The summed E-state index contributed by atoms with van der Waals surface area (Å²) in [4.78, 5) is 16.2. The molecular weight excluding hydrogens is 218 g/mol. The van der Waals surface area contributed by atoms with Crippen molar-refractivity contribution in [3.05, 3.63) is 0 Å². The van der Waals surface area contributed by atoms with Gasteiger partial charge in [0, 0.05) is 39.7 Å². The van der Waals surface area contributed by atoms with Crippen molar-refractivity contribution in [1.29, 1.82) is 0 Å². The Kier molecular flexibility index (Phi) is 7.16. The van der Waals surface area contributed by atoms with Gasteiger partial charge in [-0.15, -0.1) is 0 Å². The Bertz CT molecular complexity index is 224. The maximum Gasteiger partial charge on any atom is 0.222 e. The minimum Gasteiger partial charge on any atom is -0.383 e. The van der Waals surface area contributed by atoms with Gasteiger partial charge in [0.2, 0.25) is 5.91 Å². The van der Waals surface area contributed by atoms with Gasteiger partial charge in [0.1, 0.15) is 0 Å². The highest BCUT2D eigenvalue weighted by molar-refractivity contribution is 5.76. The SMILES string of the molecule is COCCN1CCCN(C(=O)CCCN)CC1. The minimum absolute atomic E-state index is 0.254. The summed E-state index contributed by atoms with van der Waals surface area (Å²) < 4.78 is 5.08. The molecule has 0 atom stereocenters. The third kappa shape index (κ3) is 5.48. The quantitative estimate of drug-likeness (QED) is 0.708. The lowest BCUT2D eigenvalue weighted by Crippen LogP contribution is -2.36. The average Bonchev–Trinajstić information content (AvgIpc) is 2.59. The Hall–Kier alpha value is -0.650. The first-order valence-electron chi connectivity index (χ1n) is 6.47. The first-order chi connectivity index (χ1) is 8.27. The van der Waals surface area contributed by atoms with Crippen molar-refractivity contribution >= 4 is 5.91 Å². The van der Waals surface area contributed by atoms with Gasteiger partial charge in [-0.3, -0.25) is 9.69 Å². The molecule has 0 aromatic heterocycles. The second-order valence-corrected chi connectivity index (χ2v) is 4.46. The summed E-state index contributed by atoms with van der Waals surface area (Å²) in [6, 6.07) is 0. The van der Waals surface area contributed by atoms with Crippen LogP contribution in [0.5, 0.6) is 0 Å². The third-order valence-corrected chi connectivity index (χ3v) is 3.15. The van der Waals surface area contributed by atoms with Crippen LogP contribution in [0.2, 0.25) is 0 Å². The molecule has 2 N–H and O–H groups in total. The molecule has 0 saturated carbocycles. The van der Waals surface area contributed by atoms with Crippen LogP contribution < -0.4 is 5.73 Å². The molecule has 5 heteroatoms. The molecule has 1 saturated heterocycles. The van der Waals surface area contributed by atoms with Gasteiger partial charge in [-0.05, 0) is 25.9 Å². The predicted octanol–water partition coefficient (Wildman–Crippen LogP) is -0.0940.